The lowest BCUT2D eigenvalue weighted by atomic mass is 10.0. The van der Waals surface area contributed by atoms with E-state index >= 15 is 0 Å². The highest BCUT2D eigenvalue weighted by molar-refractivity contribution is 7.99. The zero-order valence-electron chi connectivity index (χ0n) is 9.57. The first kappa shape index (κ1) is 12.2. The molecule has 0 spiro atoms. The number of amides is 1. The van der Waals surface area contributed by atoms with E-state index in [1.807, 2.05) is 11.8 Å². The third-order valence-corrected chi connectivity index (χ3v) is 3.99. The van der Waals surface area contributed by atoms with E-state index < -0.39 is 0 Å². The molecule has 0 atom stereocenters. The summed E-state index contributed by atoms with van der Waals surface area (Å²) < 4.78 is 0. The molecule has 1 aromatic heterocycles. The average molecular weight is 252 g/mol. The fourth-order valence-corrected chi connectivity index (χ4v) is 3.05. The van der Waals surface area contributed by atoms with Crippen LogP contribution in [0.1, 0.15) is 23.2 Å². The van der Waals surface area contributed by atoms with E-state index in [9.17, 15) is 9.59 Å². The quantitative estimate of drug-likeness (QED) is 0.851. The molecule has 4 nitrogen and oxygen atoms in total. The minimum absolute atomic E-state index is 0.112. The van der Waals surface area contributed by atoms with Gasteiger partial charge in [0.2, 0.25) is 5.56 Å². The lowest BCUT2D eigenvalue weighted by Gasteiger charge is -2.21. The first-order chi connectivity index (χ1) is 8.25. The molecule has 0 aromatic carbocycles. The maximum absolute atomic E-state index is 11.8. The van der Waals surface area contributed by atoms with Crippen LogP contribution in [0.2, 0.25) is 0 Å². The molecule has 1 aromatic rings. The van der Waals surface area contributed by atoms with Crippen LogP contribution in [-0.4, -0.2) is 28.9 Å². The summed E-state index contributed by atoms with van der Waals surface area (Å²) in [7, 11) is 0. The van der Waals surface area contributed by atoms with Gasteiger partial charge in [-0.1, -0.05) is 0 Å². The van der Waals surface area contributed by atoms with Crippen molar-refractivity contribution in [2.75, 3.05) is 18.1 Å². The molecule has 92 valence electrons. The first-order valence-electron chi connectivity index (χ1n) is 5.80. The molecule has 2 N–H and O–H groups in total. The van der Waals surface area contributed by atoms with Gasteiger partial charge in [-0.2, -0.15) is 11.8 Å². The zero-order valence-corrected chi connectivity index (χ0v) is 10.4. The van der Waals surface area contributed by atoms with Crippen LogP contribution in [0, 0.1) is 5.92 Å². The molecule has 5 heteroatoms. The number of aromatic nitrogens is 1. The minimum atomic E-state index is -0.189. The fraction of sp³-hybridized carbons (Fsp3) is 0.500. The van der Waals surface area contributed by atoms with Gasteiger partial charge in [0.05, 0.1) is 5.56 Å². The van der Waals surface area contributed by atoms with Crippen LogP contribution in [0.3, 0.4) is 0 Å². The van der Waals surface area contributed by atoms with Gasteiger partial charge in [-0.05, 0) is 36.3 Å². The molecule has 0 radical (unpaired) electrons. The number of aromatic amines is 1. The smallest absolute Gasteiger partial charge is 0.252 e. The molecule has 0 unspecified atom stereocenters. The molecule has 0 aliphatic carbocycles. The van der Waals surface area contributed by atoms with Gasteiger partial charge in [0.15, 0.2) is 0 Å². The second-order valence-electron chi connectivity index (χ2n) is 4.21. The summed E-state index contributed by atoms with van der Waals surface area (Å²) in [5, 5.41) is 2.92. The lowest BCUT2D eigenvalue weighted by molar-refractivity contribution is 0.0946. The maximum Gasteiger partial charge on any atom is 0.252 e. The van der Waals surface area contributed by atoms with Crippen LogP contribution in [0.4, 0.5) is 0 Å². The van der Waals surface area contributed by atoms with Gasteiger partial charge in [-0.15, -0.1) is 0 Å². The molecule has 1 fully saturated rings. The second-order valence-corrected chi connectivity index (χ2v) is 5.43. The van der Waals surface area contributed by atoms with Crippen molar-refractivity contribution < 1.29 is 4.79 Å². The Morgan fingerprint density at radius 1 is 1.41 bits per heavy atom. The standard InChI is InChI=1S/C12H16N2O2S/c15-11-2-1-10(8-13-11)12(16)14-7-9-3-5-17-6-4-9/h1-2,8-9H,3-7H2,(H,13,15)(H,14,16). The summed E-state index contributed by atoms with van der Waals surface area (Å²) in [5.74, 6) is 2.88. The van der Waals surface area contributed by atoms with Crippen LogP contribution < -0.4 is 10.9 Å². The first-order valence-corrected chi connectivity index (χ1v) is 6.96. The Hall–Kier alpha value is -1.23. The van der Waals surface area contributed by atoms with Crippen molar-refractivity contribution in [1.82, 2.24) is 10.3 Å². The molecule has 2 rings (SSSR count). The van der Waals surface area contributed by atoms with Crippen molar-refractivity contribution in [3.05, 3.63) is 34.2 Å². The Morgan fingerprint density at radius 3 is 2.82 bits per heavy atom. The summed E-state index contributed by atoms with van der Waals surface area (Å²) in [6.45, 7) is 0.735. The van der Waals surface area contributed by atoms with Gasteiger partial charge >= 0.3 is 0 Å². The number of nitrogens with one attached hydrogen (secondary N) is 2. The summed E-state index contributed by atoms with van der Waals surface area (Å²) in [6.07, 6.45) is 3.81. The molecule has 2 heterocycles. The van der Waals surface area contributed by atoms with E-state index in [4.69, 9.17) is 0 Å². The number of rotatable bonds is 3. The maximum atomic E-state index is 11.8. The van der Waals surface area contributed by atoms with Crippen LogP contribution >= 0.6 is 11.8 Å². The SMILES string of the molecule is O=C(NCC1CCSCC1)c1ccc(=O)[nH]c1. The monoisotopic (exact) mass is 252 g/mol. The minimum Gasteiger partial charge on any atom is -0.352 e. The molecule has 17 heavy (non-hydrogen) atoms. The van der Waals surface area contributed by atoms with E-state index in [2.05, 4.69) is 10.3 Å². The third kappa shape index (κ3) is 3.63. The normalized spacial score (nSPS) is 16.7. The number of thioether (sulfide) groups is 1. The summed E-state index contributed by atoms with van der Waals surface area (Å²) in [4.78, 5) is 25.1. The largest absolute Gasteiger partial charge is 0.352 e. The van der Waals surface area contributed by atoms with Crippen LogP contribution in [0.25, 0.3) is 0 Å². The van der Waals surface area contributed by atoms with Crippen LogP contribution in [-0.2, 0) is 0 Å². The van der Waals surface area contributed by atoms with Gasteiger partial charge in [0.1, 0.15) is 0 Å². The van der Waals surface area contributed by atoms with Crippen molar-refractivity contribution >= 4 is 17.7 Å². The Bertz CT molecular complexity index is 418. The van der Waals surface area contributed by atoms with Gasteiger partial charge in [0, 0.05) is 18.8 Å². The molecule has 1 aliphatic heterocycles. The third-order valence-electron chi connectivity index (χ3n) is 2.94. The predicted octanol–water partition coefficient (Wildman–Crippen LogP) is 1.25. The number of hydrogen-bond acceptors (Lipinski definition) is 3. The number of pyridine rings is 1. The van der Waals surface area contributed by atoms with Crippen LogP contribution in [0.15, 0.2) is 23.1 Å². The fourth-order valence-electron chi connectivity index (χ4n) is 1.84. The Balaban J connectivity index is 1.84. The molecule has 1 amide bonds. The topological polar surface area (TPSA) is 62.0 Å². The highest BCUT2D eigenvalue weighted by Crippen LogP contribution is 2.21. The highest BCUT2D eigenvalue weighted by atomic mass is 32.2. The van der Waals surface area contributed by atoms with E-state index in [0.29, 0.717) is 11.5 Å². The Labute approximate surface area is 104 Å². The number of carbonyl (C=O) groups is 1. The molecule has 0 bridgehead atoms. The van der Waals surface area contributed by atoms with E-state index in [-0.39, 0.29) is 11.5 Å². The van der Waals surface area contributed by atoms with Crippen molar-refractivity contribution in [3.8, 4) is 0 Å². The molecular weight excluding hydrogens is 236 g/mol. The lowest BCUT2D eigenvalue weighted by Crippen LogP contribution is -2.31. The van der Waals surface area contributed by atoms with Gasteiger partial charge < -0.3 is 10.3 Å². The van der Waals surface area contributed by atoms with Crippen molar-refractivity contribution in [3.63, 3.8) is 0 Å². The van der Waals surface area contributed by atoms with Crippen molar-refractivity contribution in [1.29, 1.82) is 0 Å². The summed E-state index contributed by atoms with van der Waals surface area (Å²) in [5.41, 5.74) is 0.320. The number of H-pyrrole nitrogens is 1. The van der Waals surface area contributed by atoms with E-state index in [1.54, 1.807) is 6.07 Å². The number of hydrogen-bond donors (Lipinski definition) is 2. The number of carbonyl (C=O) groups excluding carboxylic acids is 1. The average Bonchev–Trinajstić information content (AvgIpc) is 2.38. The van der Waals surface area contributed by atoms with Gasteiger partial charge in [0.25, 0.3) is 5.91 Å². The van der Waals surface area contributed by atoms with Crippen molar-refractivity contribution in [2.24, 2.45) is 5.92 Å². The van der Waals surface area contributed by atoms with Gasteiger partial charge in [-0.3, -0.25) is 9.59 Å². The van der Waals surface area contributed by atoms with Gasteiger partial charge in [-0.25, -0.2) is 0 Å². The highest BCUT2D eigenvalue weighted by Gasteiger charge is 2.14. The van der Waals surface area contributed by atoms with Crippen LogP contribution in [0.5, 0.6) is 0 Å². The zero-order chi connectivity index (χ0) is 12.1. The molecular formula is C12H16N2O2S. The predicted molar refractivity (Wildman–Crippen MR) is 69.4 cm³/mol. The Kier molecular flexibility index (Phi) is 4.25. The van der Waals surface area contributed by atoms with E-state index in [1.165, 1.54) is 36.6 Å². The molecule has 1 saturated heterocycles. The Morgan fingerprint density at radius 2 is 2.18 bits per heavy atom. The molecule has 0 saturated carbocycles. The second kappa shape index (κ2) is 5.91. The van der Waals surface area contributed by atoms with Crippen molar-refractivity contribution in [2.45, 2.75) is 12.8 Å². The summed E-state index contributed by atoms with van der Waals surface area (Å²) >= 11 is 1.98. The summed E-state index contributed by atoms with van der Waals surface area (Å²) in [6, 6.07) is 2.91. The van der Waals surface area contributed by atoms with E-state index in [0.717, 1.165) is 6.54 Å². The molecule has 1 aliphatic rings.